The maximum atomic E-state index is 13.0. The number of barbiturate groups is 1. The second-order valence-electron chi connectivity index (χ2n) is 8.90. The molecule has 1 aliphatic rings. The molecule has 3 aromatic carbocycles. The molecular weight excluding hydrogens is 536 g/mol. The van der Waals surface area contributed by atoms with Crippen molar-refractivity contribution in [1.29, 1.82) is 0 Å². The summed E-state index contributed by atoms with van der Waals surface area (Å²) in [6.07, 6.45) is 1.45. The second-order valence-corrected chi connectivity index (χ2v) is 9.81. The standard InChI is InChI=1S/C29H27BrN2O5/c1-18(2)24-13-4-19(3)16-26(24)37-15-14-36-23-11-5-20(6-12-23)17-25-27(33)31-29(35)32(28(25)34)22-9-7-21(30)8-10-22/h4-13,16-18H,14-15H2,1-3H3,(H,31,33,35)/b25-17-. The maximum Gasteiger partial charge on any atom is 0.335 e. The third-order valence-corrected chi connectivity index (χ3v) is 6.31. The van der Waals surface area contributed by atoms with Crippen LogP contribution in [0.15, 0.2) is 76.8 Å². The van der Waals surface area contributed by atoms with Crippen LogP contribution in [0.4, 0.5) is 10.5 Å². The van der Waals surface area contributed by atoms with Crippen molar-refractivity contribution in [2.24, 2.45) is 0 Å². The SMILES string of the molecule is Cc1ccc(C(C)C)c(OCCOc2ccc(/C=C3/C(=O)NC(=O)N(c4ccc(Br)cc4)C3=O)cc2)c1. The molecule has 8 heteroatoms. The topological polar surface area (TPSA) is 84.9 Å². The molecule has 7 nitrogen and oxygen atoms in total. The molecular formula is C29H27BrN2O5. The third kappa shape index (κ3) is 6.27. The normalized spacial score (nSPS) is 14.8. The minimum Gasteiger partial charge on any atom is -0.490 e. The number of benzene rings is 3. The van der Waals surface area contributed by atoms with Crippen molar-refractivity contribution in [3.05, 3.63) is 93.5 Å². The van der Waals surface area contributed by atoms with Crippen LogP contribution >= 0.6 is 15.9 Å². The van der Waals surface area contributed by atoms with E-state index in [0.717, 1.165) is 26.2 Å². The molecule has 0 atom stereocenters. The Balaban J connectivity index is 1.39. The molecule has 1 fully saturated rings. The van der Waals surface area contributed by atoms with Crippen LogP contribution in [0.5, 0.6) is 11.5 Å². The van der Waals surface area contributed by atoms with E-state index < -0.39 is 17.8 Å². The van der Waals surface area contributed by atoms with Crippen LogP contribution in [0.25, 0.3) is 6.08 Å². The van der Waals surface area contributed by atoms with E-state index in [1.165, 1.54) is 6.08 Å². The number of rotatable bonds is 8. The molecule has 0 aromatic heterocycles. The van der Waals surface area contributed by atoms with Crippen LogP contribution in [-0.4, -0.2) is 31.1 Å². The average molecular weight is 563 g/mol. The van der Waals surface area contributed by atoms with Crippen molar-refractivity contribution in [1.82, 2.24) is 5.32 Å². The summed E-state index contributed by atoms with van der Waals surface area (Å²) in [4.78, 5) is 38.7. The number of nitrogens with one attached hydrogen (secondary N) is 1. The van der Waals surface area contributed by atoms with Crippen LogP contribution in [0.1, 0.15) is 36.5 Å². The van der Waals surface area contributed by atoms with E-state index >= 15 is 0 Å². The van der Waals surface area contributed by atoms with Gasteiger partial charge in [-0.1, -0.05) is 54.0 Å². The molecule has 1 heterocycles. The van der Waals surface area contributed by atoms with Gasteiger partial charge < -0.3 is 9.47 Å². The molecule has 0 saturated carbocycles. The van der Waals surface area contributed by atoms with E-state index in [-0.39, 0.29) is 5.57 Å². The Morgan fingerprint density at radius 1 is 0.919 bits per heavy atom. The Morgan fingerprint density at radius 3 is 2.27 bits per heavy atom. The lowest BCUT2D eigenvalue weighted by molar-refractivity contribution is -0.122. The number of urea groups is 1. The number of carbonyl (C=O) groups is 3. The largest absolute Gasteiger partial charge is 0.490 e. The van der Waals surface area contributed by atoms with Gasteiger partial charge in [-0.3, -0.25) is 14.9 Å². The fraction of sp³-hybridized carbons (Fsp3) is 0.207. The van der Waals surface area contributed by atoms with Gasteiger partial charge in [0.2, 0.25) is 0 Å². The van der Waals surface area contributed by atoms with Crippen molar-refractivity contribution < 1.29 is 23.9 Å². The van der Waals surface area contributed by atoms with Crippen molar-refractivity contribution in [3.8, 4) is 11.5 Å². The van der Waals surface area contributed by atoms with Gasteiger partial charge in [0.1, 0.15) is 30.3 Å². The first-order valence-corrected chi connectivity index (χ1v) is 12.7. The molecule has 0 aliphatic carbocycles. The molecule has 1 N–H and O–H groups in total. The molecule has 0 radical (unpaired) electrons. The minimum atomic E-state index is -0.786. The van der Waals surface area contributed by atoms with Crippen molar-refractivity contribution in [3.63, 3.8) is 0 Å². The van der Waals surface area contributed by atoms with Crippen LogP contribution in [0.2, 0.25) is 0 Å². The number of halogens is 1. The molecule has 37 heavy (non-hydrogen) atoms. The Kier molecular flexibility index (Phi) is 8.08. The highest BCUT2D eigenvalue weighted by Crippen LogP contribution is 2.28. The van der Waals surface area contributed by atoms with E-state index in [2.05, 4.69) is 47.2 Å². The van der Waals surface area contributed by atoms with E-state index in [0.29, 0.717) is 36.1 Å². The molecule has 0 spiro atoms. The van der Waals surface area contributed by atoms with Crippen LogP contribution in [0.3, 0.4) is 0 Å². The van der Waals surface area contributed by atoms with Crippen LogP contribution in [-0.2, 0) is 9.59 Å². The fourth-order valence-electron chi connectivity index (χ4n) is 3.86. The molecule has 4 amide bonds. The lowest BCUT2D eigenvalue weighted by atomic mass is 10.0. The second kappa shape index (κ2) is 11.4. The minimum absolute atomic E-state index is 0.135. The van der Waals surface area contributed by atoms with E-state index in [1.54, 1.807) is 48.5 Å². The molecule has 1 saturated heterocycles. The zero-order valence-electron chi connectivity index (χ0n) is 20.8. The van der Waals surface area contributed by atoms with E-state index in [4.69, 9.17) is 9.47 Å². The summed E-state index contributed by atoms with van der Waals surface area (Å²) in [6, 6.07) is 19.1. The third-order valence-electron chi connectivity index (χ3n) is 5.78. The summed E-state index contributed by atoms with van der Waals surface area (Å²) in [6.45, 7) is 7.04. The Bertz CT molecular complexity index is 1350. The van der Waals surface area contributed by atoms with Crippen molar-refractivity contribution in [2.75, 3.05) is 18.1 Å². The molecule has 0 unspecified atom stereocenters. The Hall–Kier alpha value is -3.91. The van der Waals surface area contributed by atoms with Gasteiger partial charge in [0.15, 0.2) is 0 Å². The van der Waals surface area contributed by atoms with Gasteiger partial charge in [0.25, 0.3) is 11.8 Å². The summed E-state index contributed by atoms with van der Waals surface area (Å²) in [7, 11) is 0. The van der Waals surface area contributed by atoms with Gasteiger partial charge in [-0.25, -0.2) is 9.69 Å². The number of hydrogen-bond acceptors (Lipinski definition) is 5. The van der Waals surface area contributed by atoms with Crippen molar-refractivity contribution >= 4 is 45.5 Å². The first-order valence-electron chi connectivity index (χ1n) is 11.9. The average Bonchev–Trinajstić information content (AvgIpc) is 2.86. The molecule has 1 aliphatic heterocycles. The van der Waals surface area contributed by atoms with Crippen LogP contribution in [0, 0.1) is 6.92 Å². The van der Waals surface area contributed by atoms with Crippen LogP contribution < -0.4 is 19.7 Å². The number of ether oxygens (including phenoxy) is 2. The summed E-state index contributed by atoms with van der Waals surface area (Å²) in [5.41, 5.74) is 3.14. The highest BCUT2D eigenvalue weighted by Gasteiger charge is 2.36. The first-order chi connectivity index (χ1) is 17.7. The summed E-state index contributed by atoms with van der Waals surface area (Å²) in [5.74, 6) is 0.427. The monoisotopic (exact) mass is 562 g/mol. The maximum absolute atomic E-state index is 13.0. The van der Waals surface area contributed by atoms with Crippen molar-refractivity contribution in [2.45, 2.75) is 26.7 Å². The summed E-state index contributed by atoms with van der Waals surface area (Å²) in [5, 5.41) is 2.23. The molecule has 0 bridgehead atoms. The van der Waals surface area contributed by atoms with Gasteiger partial charge in [-0.15, -0.1) is 0 Å². The summed E-state index contributed by atoms with van der Waals surface area (Å²) >= 11 is 3.33. The van der Waals surface area contributed by atoms with Gasteiger partial charge in [0, 0.05) is 4.47 Å². The number of hydrogen-bond donors (Lipinski definition) is 1. The van der Waals surface area contributed by atoms with E-state index in [9.17, 15) is 14.4 Å². The number of imide groups is 2. The van der Waals surface area contributed by atoms with Gasteiger partial charge in [-0.2, -0.15) is 0 Å². The Morgan fingerprint density at radius 2 is 1.59 bits per heavy atom. The Labute approximate surface area is 224 Å². The number of amides is 4. The first kappa shape index (κ1) is 26.2. The molecule has 3 aromatic rings. The lowest BCUT2D eigenvalue weighted by Crippen LogP contribution is -2.54. The van der Waals surface area contributed by atoms with Gasteiger partial charge in [-0.05, 0) is 78.1 Å². The number of anilines is 1. The quantitative estimate of drug-likeness (QED) is 0.206. The summed E-state index contributed by atoms with van der Waals surface area (Å²) < 4.78 is 12.6. The number of nitrogens with zero attached hydrogens (tertiary/aromatic N) is 1. The van der Waals surface area contributed by atoms with E-state index in [1.807, 2.05) is 13.0 Å². The smallest absolute Gasteiger partial charge is 0.335 e. The molecule has 190 valence electrons. The zero-order valence-corrected chi connectivity index (χ0v) is 22.4. The highest BCUT2D eigenvalue weighted by atomic mass is 79.9. The zero-order chi connectivity index (χ0) is 26.5. The molecule has 4 rings (SSSR count). The number of carbonyl (C=O) groups excluding carboxylic acids is 3. The predicted octanol–water partition coefficient (Wildman–Crippen LogP) is 6.01. The number of aryl methyl sites for hydroxylation is 1. The lowest BCUT2D eigenvalue weighted by Gasteiger charge is -2.26. The fourth-order valence-corrected chi connectivity index (χ4v) is 4.13. The van der Waals surface area contributed by atoms with Gasteiger partial charge in [0.05, 0.1) is 5.69 Å². The predicted molar refractivity (Wildman–Crippen MR) is 146 cm³/mol. The van der Waals surface area contributed by atoms with Gasteiger partial charge >= 0.3 is 6.03 Å². The highest BCUT2D eigenvalue weighted by molar-refractivity contribution is 9.10.